The summed E-state index contributed by atoms with van der Waals surface area (Å²) in [5.74, 6) is 1.14. The normalized spacial score (nSPS) is 24.8. The van der Waals surface area contributed by atoms with Gasteiger partial charge >= 0.3 is 0 Å². The molecule has 0 radical (unpaired) electrons. The Balaban J connectivity index is 2.35. The maximum absolute atomic E-state index is 11.2. The Kier molecular flexibility index (Phi) is 3.77. The highest BCUT2D eigenvalue weighted by Crippen LogP contribution is 2.31. The van der Waals surface area contributed by atoms with Crippen LogP contribution >= 0.6 is 11.8 Å². The molecule has 1 heterocycles. The van der Waals surface area contributed by atoms with Crippen LogP contribution in [0.5, 0.6) is 0 Å². The van der Waals surface area contributed by atoms with Gasteiger partial charge in [0, 0.05) is 34.8 Å². The van der Waals surface area contributed by atoms with Crippen LogP contribution in [-0.2, 0) is 0 Å². The lowest BCUT2D eigenvalue weighted by Gasteiger charge is -2.39. The van der Waals surface area contributed by atoms with E-state index < -0.39 is 0 Å². The van der Waals surface area contributed by atoms with Crippen molar-refractivity contribution >= 4 is 23.7 Å². The van der Waals surface area contributed by atoms with Crippen LogP contribution in [0.4, 0.5) is 5.69 Å². The number of hydrogen-bond acceptors (Lipinski definition) is 3. The van der Waals surface area contributed by atoms with Crippen LogP contribution < -0.4 is 4.90 Å². The summed E-state index contributed by atoms with van der Waals surface area (Å²) in [6.07, 6.45) is 0.974. The molecule has 0 amide bonds. The molecular weight excluding hydrogens is 230 g/mol. The Morgan fingerprint density at radius 1 is 1.41 bits per heavy atom. The summed E-state index contributed by atoms with van der Waals surface area (Å²) in [4.78, 5) is 13.5. The Hall–Kier alpha value is -0.960. The summed E-state index contributed by atoms with van der Waals surface area (Å²) < 4.78 is 0. The van der Waals surface area contributed by atoms with E-state index in [0.29, 0.717) is 11.3 Å². The number of rotatable bonds is 2. The second-order valence-corrected chi connectivity index (χ2v) is 6.18. The lowest BCUT2D eigenvalue weighted by molar-refractivity contribution is 0.112. The van der Waals surface area contributed by atoms with Crippen molar-refractivity contribution in [1.82, 2.24) is 0 Å². The number of anilines is 1. The van der Waals surface area contributed by atoms with Crippen molar-refractivity contribution in [2.24, 2.45) is 0 Å². The van der Waals surface area contributed by atoms with E-state index in [1.54, 1.807) is 0 Å². The topological polar surface area (TPSA) is 20.3 Å². The number of benzene rings is 1. The van der Waals surface area contributed by atoms with Crippen LogP contribution in [0.15, 0.2) is 18.2 Å². The third-order valence-electron chi connectivity index (χ3n) is 3.50. The predicted octanol–water partition coefficient (Wildman–Crippen LogP) is 3.14. The summed E-state index contributed by atoms with van der Waals surface area (Å²) in [5, 5.41) is 0.615. The molecule has 2 nitrogen and oxygen atoms in total. The highest BCUT2D eigenvalue weighted by molar-refractivity contribution is 8.00. The molecule has 2 atom stereocenters. The number of thioether (sulfide) groups is 1. The first-order chi connectivity index (χ1) is 8.13. The predicted molar refractivity (Wildman–Crippen MR) is 75.3 cm³/mol. The van der Waals surface area contributed by atoms with Gasteiger partial charge in [-0.2, -0.15) is 11.8 Å². The molecule has 1 aromatic carbocycles. The third kappa shape index (κ3) is 2.49. The molecular formula is C14H19NOS. The number of nitrogens with zero attached hydrogens (tertiary/aromatic N) is 1. The summed E-state index contributed by atoms with van der Waals surface area (Å²) in [5.41, 5.74) is 3.05. The smallest absolute Gasteiger partial charge is 0.152 e. The Labute approximate surface area is 107 Å². The molecule has 92 valence electrons. The largest absolute Gasteiger partial charge is 0.366 e. The Bertz CT molecular complexity index is 419. The second-order valence-electron chi connectivity index (χ2n) is 4.69. The van der Waals surface area contributed by atoms with Gasteiger partial charge in [0.15, 0.2) is 6.29 Å². The van der Waals surface area contributed by atoms with Crippen LogP contribution in [0.25, 0.3) is 0 Å². The summed E-state index contributed by atoms with van der Waals surface area (Å²) in [6, 6.07) is 6.62. The standard InChI is InChI=1S/C14H19NOS/c1-10-4-5-14(13(8-10)9-16)15-6-7-17-12(3)11(15)2/h4-5,8-9,11-12H,6-7H2,1-3H3. The van der Waals surface area contributed by atoms with Crippen molar-refractivity contribution in [2.45, 2.75) is 32.1 Å². The van der Waals surface area contributed by atoms with Gasteiger partial charge in [-0.1, -0.05) is 18.6 Å². The number of hydrogen-bond donors (Lipinski definition) is 0. The van der Waals surface area contributed by atoms with E-state index >= 15 is 0 Å². The summed E-state index contributed by atoms with van der Waals surface area (Å²) in [7, 11) is 0. The van der Waals surface area contributed by atoms with Gasteiger partial charge in [-0.25, -0.2) is 0 Å². The molecule has 1 fully saturated rings. The van der Waals surface area contributed by atoms with Crippen molar-refractivity contribution in [2.75, 3.05) is 17.2 Å². The van der Waals surface area contributed by atoms with E-state index in [4.69, 9.17) is 0 Å². The Morgan fingerprint density at radius 2 is 2.18 bits per heavy atom. The zero-order valence-electron chi connectivity index (χ0n) is 10.6. The van der Waals surface area contributed by atoms with Crippen LogP contribution in [0, 0.1) is 6.92 Å². The molecule has 17 heavy (non-hydrogen) atoms. The second kappa shape index (κ2) is 5.13. The summed E-state index contributed by atoms with van der Waals surface area (Å²) >= 11 is 2.01. The van der Waals surface area contributed by atoms with E-state index in [0.717, 1.165) is 35.4 Å². The van der Waals surface area contributed by atoms with Crippen molar-refractivity contribution < 1.29 is 4.79 Å². The fraction of sp³-hybridized carbons (Fsp3) is 0.500. The highest BCUT2D eigenvalue weighted by atomic mass is 32.2. The first-order valence-electron chi connectivity index (χ1n) is 6.07. The molecule has 3 heteroatoms. The quantitative estimate of drug-likeness (QED) is 0.751. The number of aryl methyl sites for hydroxylation is 1. The van der Waals surface area contributed by atoms with Crippen LogP contribution in [0.2, 0.25) is 0 Å². The molecule has 1 aliphatic rings. The third-order valence-corrected chi connectivity index (χ3v) is 4.84. The average Bonchev–Trinajstić information content (AvgIpc) is 2.33. The van der Waals surface area contributed by atoms with E-state index in [1.807, 2.05) is 24.8 Å². The molecule has 0 bridgehead atoms. The minimum absolute atomic E-state index is 0.482. The molecule has 2 rings (SSSR count). The van der Waals surface area contributed by atoms with E-state index in [9.17, 15) is 4.79 Å². The lowest BCUT2D eigenvalue weighted by Crippen LogP contribution is -2.45. The zero-order chi connectivity index (χ0) is 12.4. The van der Waals surface area contributed by atoms with E-state index in [2.05, 4.69) is 30.9 Å². The van der Waals surface area contributed by atoms with Gasteiger partial charge in [0.1, 0.15) is 0 Å². The average molecular weight is 249 g/mol. The summed E-state index contributed by atoms with van der Waals surface area (Å²) in [6.45, 7) is 7.55. The van der Waals surface area contributed by atoms with Gasteiger partial charge in [-0.15, -0.1) is 0 Å². The van der Waals surface area contributed by atoms with E-state index in [1.165, 1.54) is 0 Å². The van der Waals surface area contributed by atoms with Crippen LogP contribution in [0.1, 0.15) is 29.8 Å². The lowest BCUT2D eigenvalue weighted by atomic mass is 10.1. The number of carbonyl (C=O) groups is 1. The van der Waals surface area contributed by atoms with E-state index in [-0.39, 0.29) is 0 Å². The maximum Gasteiger partial charge on any atom is 0.152 e. The number of carbonyl (C=O) groups excluding carboxylic acids is 1. The minimum atomic E-state index is 0.482. The van der Waals surface area contributed by atoms with Gasteiger partial charge in [0.05, 0.1) is 0 Å². The van der Waals surface area contributed by atoms with Crippen molar-refractivity contribution in [3.63, 3.8) is 0 Å². The molecule has 1 saturated heterocycles. The molecule has 0 aliphatic carbocycles. The molecule has 0 spiro atoms. The zero-order valence-corrected chi connectivity index (χ0v) is 11.5. The molecule has 2 unspecified atom stereocenters. The monoisotopic (exact) mass is 249 g/mol. The van der Waals surface area contributed by atoms with Crippen molar-refractivity contribution in [1.29, 1.82) is 0 Å². The van der Waals surface area contributed by atoms with Crippen molar-refractivity contribution in [3.8, 4) is 0 Å². The first-order valence-corrected chi connectivity index (χ1v) is 7.12. The molecule has 0 N–H and O–H groups in total. The minimum Gasteiger partial charge on any atom is -0.366 e. The van der Waals surface area contributed by atoms with Gasteiger partial charge < -0.3 is 4.90 Å². The molecule has 1 aromatic rings. The first kappa shape index (κ1) is 12.5. The molecule has 0 aromatic heterocycles. The highest BCUT2D eigenvalue weighted by Gasteiger charge is 2.26. The van der Waals surface area contributed by atoms with Gasteiger partial charge in [-0.05, 0) is 26.0 Å². The fourth-order valence-electron chi connectivity index (χ4n) is 2.30. The van der Waals surface area contributed by atoms with Crippen LogP contribution in [0.3, 0.4) is 0 Å². The SMILES string of the molecule is Cc1ccc(N2CCSC(C)C2C)c(C=O)c1. The Morgan fingerprint density at radius 3 is 2.88 bits per heavy atom. The van der Waals surface area contributed by atoms with Crippen molar-refractivity contribution in [3.05, 3.63) is 29.3 Å². The fourth-order valence-corrected chi connectivity index (χ4v) is 3.40. The molecule has 1 aliphatic heterocycles. The van der Waals surface area contributed by atoms with Gasteiger partial charge in [0.25, 0.3) is 0 Å². The number of aldehydes is 1. The maximum atomic E-state index is 11.2. The van der Waals surface area contributed by atoms with Crippen LogP contribution in [-0.4, -0.2) is 29.9 Å². The molecule has 0 saturated carbocycles. The van der Waals surface area contributed by atoms with Gasteiger partial charge in [-0.3, -0.25) is 4.79 Å². The van der Waals surface area contributed by atoms with Gasteiger partial charge in [0.2, 0.25) is 0 Å².